The van der Waals surface area contributed by atoms with Crippen molar-refractivity contribution in [1.82, 2.24) is 19.9 Å². The Hall–Kier alpha value is -4.10. The van der Waals surface area contributed by atoms with Crippen LogP contribution in [0, 0.1) is 29.9 Å². The molecule has 0 spiro atoms. The lowest BCUT2D eigenvalue weighted by Gasteiger charge is -2.31. The van der Waals surface area contributed by atoms with Crippen LogP contribution >= 0.6 is 0 Å². The Morgan fingerprint density at radius 2 is 2.02 bits per heavy atom. The zero-order chi connectivity index (χ0) is 30.2. The third-order valence-electron chi connectivity index (χ3n) is 10.1. The van der Waals surface area contributed by atoms with Crippen LogP contribution < -0.4 is 15.4 Å². The summed E-state index contributed by atoms with van der Waals surface area (Å²) >= 11 is 0. The van der Waals surface area contributed by atoms with Gasteiger partial charge in [0, 0.05) is 48.4 Å². The fourth-order valence-corrected chi connectivity index (χ4v) is 7.97. The molecule has 4 fully saturated rings. The molecule has 0 amide bonds. The van der Waals surface area contributed by atoms with E-state index in [4.69, 9.17) is 21.9 Å². The van der Waals surface area contributed by atoms with E-state index in [-0.39, 0.29) is 35.0 Å². The van der Waals surface area contributed by atoms with Crippen molar-refractivity contribution < 1.29 is 17.9 Å². The van der Waals surface area contributed by atoms with Gasteiger partial charge in [0.15, 0.2) is 5.82 Å². The van der Waals surface area contributed by atoms with Crippen molar-refractivity contribution in [1.29, 1.82) is 0 Å². The molecule has 1 unspecified atom stereocenters. The molecule has 1 aliphatic carbocycles. The molecule has 3 aliphatic heterocycles. The molecule has 4 atom stereocenters. The summed E-state index contributed by atoms with van der Waals surface area (Å²) in [6.07, 6.45) is 13.0. The van der Waals surface area contributed by atoms with Gasteiger partial charge in [-0.25, -0.2) is 13.2 Å². The predicted molar refractivity (Wildman–Crippen MR) is 164 cm³/mol. The van der Waals surface area contributed by atoms with Gasteiger partial charge in [-0.3, -0.25) is 9.88 Å². The molecule has 0 radical (unpaired) electrons. The maximum absolute atomic E-state index is 16.8. The number of halogens is 3. The standard InChI is InChI=1S/C34H33F3N6O/c1-2-23-26(36)8-7-20-12-22(38)14-24(28(20)23)30-29(37)31-25(16-39-30)32(43-11-4-3-6-19-13-27(19)43)41-33(40-31)44-18-34-9-5-10-42(34)17-21(35)15-34/h1,7-8,12,14,16,19,21,27H,3-6,9-11,13,15,17-18,38H2/t19-,21+,27+,34?/m0/s1. The van der Waals surface area contributed by atoms with Crippen LogP contribution in [0.1, 0.15) is 50.5 Å². The van der Waals surface area contributed by atoms with E-state index < -0.39 is 23.3 Å². The Bertz CT molecular complexity index is 1860. The number of nitrogens with zero attached hydrogens (tertiary/aromatic N) is 5. The van der Waals surface area contributed by atoms with Crippen molar-refractivity contribution in [2.24, 2.45) is 5.92 Å². The molecule has 226 valence electrons. The summed E-state index contributed by atoms with van der Waals surface area (Å²) in [5.41, 5.74) is 6.48. The minimum absolute atomic E-state index is 0.0126. The van der Waals surface area contributed by atoms with Gasteiger partial charge >= 0.3 is 6.01 Å². The second-order valence-electron chi connectivity index (χ2n) is 12.9. The first-order valence-electron chi connectivity index (χ1n) is 15.5. The highest BCUT2D eigenvalue weighted by Gasteiger charge is 2.49. The van der Waals surface area contributed by atoms with Crippen LogP contribution in [0.25, 0.3) is 32.9 Å². The minimum Gasteiger partial charge on any atom is -0.461 e. The maximum atomic E-state index is 16.8. The van der Waals surface area contributed by atoms with Gasteiger partial charge in [0.1, 0.15) is 35.6 Å². The van der Waals surface area contributed by atoms with Crippen LogP contribution in [0.3, 0.4) is 0 Å². The maximum Gasteiger partial charge on any atom is 0.319 e. The molecule has 2 aromatic carbocycles. The monoisotopic (exact) mass is 598 g/mol. The number of anilines is 2. The lowest BCUT2D eigenvalue weighted by atomic mass is 9.95. The molecule has 4 aliphatic rings. The van der Waals surface area contributed by atoms with E-state index in [1.165, 1.54) is 12.5 Å². The third kappa shape index (κ3) is 4.35. The number of alkyl halides is 1. The zero-order valence-corrected chi connectivity index (χ0v) is 24.3. The largest absolute Gasteiger partial charge is 0.461 e. The zero-order valence-electron chi connectivity index (χ0n) is 24.3. The van der Waals surface area contributed by atoms with Crippen molar-refractivity contribution in [3.63, 3.8) is 0 Å². The Balaban J connectivity index is 1.28. The van der Waals surface area contributed by atoms with Crippen molar-refractivity contribution in [2.75, 3.05) is 36.9 Å². The summed E-state index contributed by atoms with van der Waals surface area (Å²) in [6, 6.07) is 6.47. The first kappa shape index (κ1) is 27.4. The molecular formula is C34H33F3N6O. The summed E-state index contributed by atoms with van der Waals surface area (Å²) in [4.78, 5) is 18.4. The number of nitrogens with two attached hydrogens (primary N) is 1. The molecule has 5 heterocycles. The third-order valence-corrected chi connectivity index (χ3v) is 10.1. The summed E-state index contributed by atoms with van der Waals surface area (Å²) < 4.78 is 52.4. The SMILES string of the molecule is C#Cc1c(F)ccc2cc(N)cc(-c3ncc4c(N5CCCC[C@H]6C[C@H]65)nc(OCC56CCCN5C[C@H](F)C6)nc4c3F)c12. The molecule has 3 saturated heterocycles. The summed E-state index contributed by atoms with van der Waals surface area (Å²) in [5, 5.41) is 1.41. The van der Waals surface area contributed by atoms with Crippen molar-refractivity contribution in [2.45, 2.75) is 62.7 Å². The van der Waals surface area contributed by atoms with Crippen molar-refractivity contribution in [3.8, 4) is 29.6 Å². The smallest absolute Gasteiger partial charge is 0.319 e. The van der Waals surface area contributed by atoms with E-state index in [1.807, 2.05) is 0 Å². The number of pyridine rings is 1. The lowest BCUT2D eigenvalue weighted by molar-refractivity contribution is 0.107. The van der Waals surface area contributed by atoms with Crippen LogP contribution in [0.5, 0.6) is 6.01 Å². The van der Waals surface area contributed by atoms with Gasteiger partial charge in [-0.15, -0.1) is 6.42 Å². The molecule has 1 saturated carbocycles. The first-order valence-corrected chi connectivity index (χ1v) is 15.5. The quantitative estimate of drug-likeness (QED) is 0.222. The molecule has 44 heavy (non-hydrogen) atoms. The molecule has 2 aromatic heterocycles. The lowest BCUT2D eigenvalue weighted by Crippen LogP contribution is -2.43. The number of rotatable bonds is 5. The number of hydrogen-bond acceptors (Lipinski definition) is 7. The summed E-state index contributed by atoms with van der Waals surface area (Å²) in [5.74, 6) is 2.32. The van der Waals surface area contributed by atoms with Crippen LogP contribution in [0.15, 0.2) is 30.5 Å². The van der Waals surface area contributed by atoms with Crippen molar-refractivity contribution in [3.05, 3.63) is 47.7 Å². The Labute approximate surface area is 253 Å². The number of ether oxygens (including phenoxy) is 1. The van der Waals surface area contributed by atoms with Gasteiger partial charge in [-0.1, -0.05) is 18.4 Å². The number of terminal acetylenes is 1. The van der Waals surface area contributed by atoms with Gasteiger partial charge in [-0.2, -0.15) is 9.97 Å². The molecular weight excluding hydrogens is 565 g/mol. The fraction of sp³-hybridized carbons (Fsp3) is 0.441. The average molecular weight is 599 g/mol. The topological polar surface area (TPSA) is 80.4 Å². The van der Waals surface area contributed by atoms with Crippen LogP contribution in [0.2, 0.25) is 0 Å². The van der Waals surface area contributed by atoms with E-state index >= 15 is 4.39 Å². The summed E-state index contributed by atoms with van der Waals surface area (Å²) in [7, 11) is 0. The Kier molecular flexibility index (Phi) is 6.38. The van der Waals surface area contributed by atoms with E-state index in [1.54, 1.807) is 24.4 Å². The molecule has 8 rings (SSSR count). The molecule has 10 heteroatoms. The Morgan fingerprint density at radius 3 is 2.89 bits per heavy atom. The Morgan fingerprint density at radius 1 is 1.14 bits per heavy atom. The second-order valence-corrected chi connectivity index (χ2v) is 12.9. The van der Waals surface area contributed by atoms with E-state index in [0.717, 1.165) is 45.2 Å². The average Bonchev–Trinajstić information content (AvgIpc) is 3.62. The van der Waals surface area contributed by atoms with Crippen LogP contribution in [-0.2, 0) is 0 Å². The highest BCUT2D eigenvalue weighted by molar-refractivity contribution is 6.03. The van der Waals surface area contributed by atoms with E-state index in [0.29, 0.717) is 52.6 Å². The molecule has 7 nitrogen and oxygen atoms in total. The van der Waals surface area contributed by atoms with Gasteiger partial charge in [-0.05, 0) is 68.2 Å². The number of nitrogen functional groups attached to an aromatic ring is 1. The highest BCUT2D eigenvalue weighted by Crippen LogP contribution is 2.46. The van der Waals surface area contributed by atoms with Gasteiger partial charge < -0.3 is 15.4 Å². The van der Waals surface area contributed by atoms with E-state index in [9.17, 15) is 8.78 Å². The first-order chi connectivity index (χ1) is 21.3. The summed E-state index contributed by atoms with van der Waals surface area (Å²) in [6.45, 7) is 2.27. The normalized spacial score (nSPS) is 26.4. The molecule has 2 N–H and O–H groups in total. The van der Waals surface area contributed by atoms with Gasteiger partial charge in [0.05, 0.1) is 16.5 Å². The predicted octanol–water partition coefficient (Wildman–Crippen LogP) is 6.02. The van der Waals surface area contributed by atoms with Crippen LogP contribution in [-0.4, -0.2) is 63.8 Å². The highest BCUT2D eigenvalue weighted by atomic mass is 19.1. The van der Waals surface area contributed by atoms with E-state index in [2.05, 4.69) is 25.7 Å². The molecule has 0 bridgehead atoms. The number of aromatic nitrogens is 3. The van der Waals surface area contributed by atoms with Crippen LogP contribution in [0.4, 0.5) is 24.7 Å². The minimum atomic E-state index is -0.896. The fourth-order valence-electron chi connectivity index (χ4n) is 7.97. The number of fused-ring (bicyclic) bond motifs is 4. The number of hydrogen-bond donors (Lipinski definition) is 1. The van der Waals surface area contributed by atoms with Crippen molar-refractivity contribution >= 4 is 33.2 Å². The molecule has 4 aromatic rings. The number of benzene rings is 2. The van der Waals surface area contributed by atoms with Gasteiger partial charge in [0.2, 0.25) is 0 Å². The second kappa shape index (κ2) is 10.2. The van der Waals surface area contributed by atoms with Gasteiger partial charge in [0.25, 0.3) is 0 Å².